The van der Waals surface area contributed by atoms with E-state index in [-0.39, 0.29) is 16.5 Å². The largest absolute Gasteiger partial charge is 0.507 e. The van der Waals surface area contributed by atoms with Gasteiger partial charge in [0.2, 0.25) is 0 Å². The molecule has 1 aliphatic heterocycles. The van der Waals surface area contributed by atoms with Gasteiger partial charge >= 0.3 is 5.91 Å². The Morgan fingerprint density at radius 2 is 1.75 bits per heavy atom. The van der Waals surface area contributed by atoms with Crippen molar-refractivity contribution in [1.82, 2.24) is 4.98 Å². The van der Waals surface area contributed by atoms with Crippen LogP contribution in [-0.4, -0.2) is 21.8 Å². The number of carbonyl (C=O) groups excluding carboxylic acids is 2. The summed E-state index contributed by atoms with van der Waals surface area (Å²) in [5.41, 5.74) is 1.56. The van der Waals surface area contributed by atoms with Crippen LogP contribution in [0.1, 0.15) is 17.2 Å². The lowest BCUT2D eigenvalue weighted by Crippen LogP contribution is -2.29. The predicted octanol–water partition coefficient (Wildman–Crippen LogP) is 5.82. The van der Waals surface area contributed by atoms with Crippen molar-refractivity contribution < 1.29 is 19.1 Å². The normalized spacial score (nSPS) is 17.9. The summed E-state index contributed by atoms with van der Waals surface area (Å²) in [6, 6.07) is 19.0. The summed E-state index contributed by atoms with van der Waals surface area (Å²) in [4.78, 5) is 32.0. The van der Waals surface area contributed by atoms with Crippen LogP contribution in [0.4, 0.5) is 9.52 Å². The minimum absolute atomic E-state index is 0.0195. The van der Waals surface area contributed by atoms with Gasteiger partial charge in [0.25, 0.3) is 5.78 Å². The maximum atomic E-state index is 13.7. The third kappa shape index (κ3) is 3.41. The summed E-state index contributed by atoms with van der Waals surface area (Å²) < 4.78 is 15.1. The molecule has 5 nitrogen and oxygen atoms in total. The number of hydrogen-bond donors (Lipinski definition) is 1. The van der Waals surface area contributed by atoms with Gasteiger partial charge in [-0.25, -0.2) is 9.37 Å². The maximum Gasteiger partial charge on any atom is 0.301 e. The Morgan fingerprint density at radius 1 is 1.03 bits per heavy atom. The van der Waals surface area contributed by atoms with Gasteiger partial charge in [0.05, 0.1) is 21.8 Å². The van der Waals surface area contributed by atoms with Crippen LogP contribution in [0.5, 0.6) is 0 Å². The topological polar surface area (TPSA) is 70.5 Å². The zero-order valence-corrected chi connectivity index (χ0v) is 18.7. The van der Waals surface area contributed by atoms with Crippen LogP contribution in [0, 0.1) is 5.82 Å². The first-order valence-electron chi connectivity index (χ1n) is 9.62. The number of rotatable bonds is 3. The fourth-order valence-electron chi connectivity index (χ4n) is 3.73. The van der Waals surface area contributed by atoms with Gasteiger partial charge in [-0.05, 0) is 35.9 Å². The molecule has 1 N–H and O–H groups in total. The molecule has 1 aliphatic rings. The van der Waals surface area contributed by atoms with Crippen LogP contribution in [-0.2, 0) is 9.59 Å². The van der Waals surface area contributed by atoms with Crippen molar-refractivity contribution in [2.24, 2.45) is 0 Å². The summed E-state index contributed by atoms with van der Waals surface area (Å²) in [7, 11) is 0. The minimum Gasteiger partial charge on any atom is -0.507 e. The summed E-state index contributed by atoms with van der Waals surface area (Å²) in [6.07, 6.45) is 0. The number of hydrogen-bond acceptors (Lipinski definition) is 5. The molecule has 1 amide bonds. The Labute approximate surface area is 194 Å². The minimum atomic E-state index is -0.881. The molecule has 3 aromatic carbocycles. The molecule has 32 heavy (non-hydrogen) atoms. The molecule has 2 heterocycles. The van der Waals surface area contributed by atoms with Gasteiger partial charge in [0.15, 0.2) is 5.13 Å². The first-order chi connectivity index (χ1) is 15.4. The number of anilines is 1. The SMILES string of the molecule is O=C1C(=O)N(c2nc3ccc(F)cc3s2)C(c2ccc(Br)cc2)/C1=C(\O)c1ccccc1. The number of aliphatic hydroxyl groups is 1. The Hall–Kier alpha value is -3.36. The third-order valence-corrected chi connectivity index (χ3v) is 6.77. The van der Waals surface area contributed by atoms with Gasteiger partial charge in [0, 0.05) is 10.0 Å². The Kier molecular flexibility index (Phi) is 5.11. The molecule has 1 saturated heterocycles. The van der Waals surface area contributed by atoms with Crippen molar-refractivity contribution in [1.29, 1.82) is 0 Å². The lowest BCUT2D eigenvalue weighted by molar-refractivity contribution is -0.132. The zero-order chi connectivity index (χ0) is 22.4. The van der Waals surface area contributed by atoms with Crippen molar-refractivity contribution >= 4 is 60.1 Å². The Morgan fingerprint density at radius 3 is 2.47 bits per heavy atom. The molecule has 0 radical (unpaired) electrons. The smallest absolute Gasteiger partial charge is 0.301 e. The highest BCUT2D eigenvalue weighted by Gasteiger charge is 2.48. The number of nitrogens with zero attached hydrogens (tertiary/aromatic N) is 2. The molecule has 158 valence electrons. The van der Waals surface area contributed by atoms with Crippen LogP contribution in [0.2, 0.25) is 0 Å². The lowest BCUT2D eigenvalue weighted by Gasteiger charge is -2.23. The summed E-state index contributed by atoms with van der Waals surface area (Å²) >= 11 is 4.51. The fraction of sp³-hybridized carbons (Fsp3) is 0.0417. The molecule has 0 bridgehead atoms. The highest BCUT2D eigenvalue weighted by molar-refractivity contribution is 9.10. The zero-order valence-electron chi connectivity index (χ0n) is 16.3. The first-order valence-corrected chi connectivity index (χ1v) is 11.2. The monoisotopic (exact) mass is 508 g/mol. The highest BCUT2D eigenvalue weighted by atomic mass is 79.9. The van der Waals surface area contributed by atoms with Crippen LogP contribution in [0.15, 0.2) is 82.8 Å². The fourth-order valence-corrected chi connectivity index (χ4v) is 5.01. The lowest BCUT2D eigenvalue weighted by atomic mass is 9.95. The Balaban J connectivity index is 1.73. The van der Waals surface area contributed by atoms with Gasteiger partial charge in [-0.15, -0.1) is 0 Å². The van der Waals surface area contributed by atoms with E-state index in [2.05, 4.69) is 20.9 Å². The van der Waals surface area contributed by atoms with Crippen molar-refractivity contribution in [3.05, 3.63) is 99.8 Å². The second kappa shape index (κ2) is 7.96. The van der Waals surface area contributed by atoms with E-state index in [9.17, 15) is 19.1 Å². The van der Waals surface area contributed by atoms with Crippen molar-refractivity contribution in [2.45, 2.75) is 6.04 Å². The molecule has 8 heteroatoms. The van der Waals surface area contributed by atoms with E-state index in [4.69, 9.17) is 0 Å². The number of benzene rings is 3. The second-order valence-corrected chi connectivity index (χ2v) is 9.12. The molecular formula is C24H14BrFN2O3S. The number of aliphatic hydroxyl groups excluding tert-OH is 1. The molecule has 1 fully saturated rings. The molecule has 1 atom stereocenters. The van der Waals surface area contributed by atoms with E-state index >= 15 is 0 Å². The molecule has 1 unspecified atom stereocenters. The van der Waals surface area contributed by atoms with Crippen LogP contribution >= 0.6 is 27.3 Å². The number of aromatic nitrogens is 1. The number of amides is 1. The average Bonchev–Trinajstić information content (AvgIpc) is 3.32. The van der Waals surface area contributed by atoms with Gasteiger partial charge in [-0.1, -0.05) is 69.7 Å². The predicted molar refractivity (Wildman–Crippen MR) is 125 cm³/mol. The van der Waals surface area contributed by atoms with Gasteiger partial charge in [-0.3, -0.25) is 14.5 Å². The number of Topliss-reactive ketones (excluding diaryl/α,β-unsaturated/α-hetero) is 1. The number of fused-ring (bicyclic) bond motifs is 1. The van der Waals surface area contributed by atoms with Crippen LogP contribution in [0.25, 0.3) is 16.0 Å². The van der Waals surface area contributed by atoms with Gasteiger partial charge in [-0.2, -0.15) is 0 Å². The molecule has 4 aromatic rings. The molecule has 0 aliphatic carbocycles. The first kappa shape index (κ1) is 20.5. The van der Waals surface area contributed by atoms with Crippen LogP contribution < -0.4 is 4.90 Å². The van der Waals surface area contributed by atoms with E-state index in [1.807, 2.05) is 0 Å². The van der Waals surface area contributed by atoms with Crippen molar-refractivity contribution in [3.8, 4) is 0 Å². The number of thiazole rings is 1. The second-order valence-electron chi connectivity index (χ2n) is 7.20. The van der Waals surface area contributed by atoms with Crippen LogP contribution in [0.3, 0.4) is 0 Å². The van der Waals surface area contributed by atoms with E-state index in [1.54, 1.807) is 54.6 Å². The number of carbonyl (C=O) groups is 2. The van der Waals surface area contributed by atoms with E-state index < -0.39 is 23.5 Å². The molecule has 0 saturated carbocycles. The summed E-state index contributed by atoms with van der Waals surface area (Å²) in [6.45, 7) is 0. The third-order valence-electron chi connectivity index (χ3n) is 5.22. The van der Waals surface area contributed by atoms with Gasteiger partial charge in [0.1, 0.15) is 11.6 Å². The van der Waals surface area contributed by atoms with Crippen molar-refractivity contribution in [3.63, 3.8) is 0 Å². The van der Waals surface area contributed by atoms with E-state index in [0.29, 0.717) is 21.3 Å². The molecular weight excluding hydrogens is 495 g/mol. The van der Waals surface area contributed by atoms with Crippen molar-refractivity contribution in [2.75, 3.05) is 4.90 Å². The maximum absolute atomic E-state index is 13.7. The quantitative estimate of drug-likeness (QED) is 0.215. The standard InChI is InChI=1S/C24H14BrFN2O3S/c25-15-8-6-13(7-9-15)20-19(21(29)14-4-2-1-3-5-14)22(30)23(31)28(20)24-27-17-11-10-16(26)12-18(17)32-24/h1-12,20,29H/b21-19+. The number of halogens is 2. The summed E-state index contributed by atoms with van der Waals surface area (Å²) in [5, 5.41) is 11.3. The Bertz CT molecular complexity index is 1400. The summed E-state index contributed by atoms with van der Waals surface area (Å²) in [5.74, 6) is -2.27. The van der Waals surface area contributed by atoms with E-state index in [0.717, 1.165) is 15.8 Å². The molecule has 5 rings (SSSR count). The molecule has 1 aromatic heterocycles. The number of ketones is 1. The van der Waals surface area contributed by atoms with Gasteiger partial charge < -0.3 is 5.11 Å². The molecule has 0 spiro atoms. The average molecular weight is 509 g/mol. The van der Waals surface area contributed by atoms with E-state index in [1.165, 1.54) is 23.1 Å². The highest BCUT2D eigenvalue weighted by Crippen LogP contribution is 2.44.